The summed E-state index contributed by atoms with van der Waals surface area (Å²) in [5.41, 5.74) is 7.07. The number of anilines is 1. The molecule has 1 aliphatic heterocycles. The fourth-order valence-electron chi connectivity index (χ4n) is 2.73. The Morgan fingerprint density at radius 3 is 3.05 bits per heavy atom. The van der Waals surface area contributed by atoms with Crippen LogP contribution in [0.5, 0.6) is 0 Å². The van der Waals surface area contributed by atoms with Gasteiger partial charge < -0.3 is 15.5 Å². The molecule has 1 aliphatic rings. The Bertz CT molecular complexity index is 754. The molecule has 7 heteroatoms. The van der Waals surface area contributed by atoms with Gasteiger partial charge in [-0.1, -0.05) is 6.92 Å². The third kappa shape index (κ3) is 2.41. The van der Waals surface area contributed by atoms with Crippen molar-refractivity contribution in [3.05, 3.63) is 24.4 Å². The standard InChI is InChI=1S/C14H19N3O3S/c1-2-11-9-20-6-5-17(11)21(18,19)14-8-16-13-7-10(15)3-4-12(13)14/h3-4,7-8,11,16H,2,5-6,9,15H2,1H3. The fourth-order valence-corrected chi connectivity index (χ4v) is 4.57. The summed E-state index contributed by atoms with van der Waals surface area (Å²) in [4.78, 5) is 3.29. The number of aromatic amines is 1. The first kappa shape index (κ1) is 14.4. The number of benzene rings is 1. The fraction of sp³-hybridized carbons (Fsp3) is 0.429. The molecule has 1 atom stereocenters. The first-order valence-corrected chi connectivity index (χ1v) is 8.44. The highest BCUT2D eigenvalue weighted by atomic mass is 32.2. The predicted octanol–water partition coefficient (Wildman–Crippen LogP) is 1.55. The minimum Gasteiger partial charge on any atom is -0.399 e. The van der Waals surface area contributed by atoms with Gasteiger partial charge in [-0.05, 0) is 24.6 Å². The Morgan fingerprint density at radius 1 is 1.48 bits per heavy atom. The van der Waals surface area contributed by atoms with Gasteiger partial charge in [0, 0.05) is 35.4 Å². The van der Waals surface area contributed by atoms with Gasteiger partial charge in [0.15, 0.2) is 0 Å². The molecular weight excluding hydrogens is 290 g/mol. The SMILES string of the molecule is CCC1COCCN1S(=O)(=O)c1c[nH]c2cc(N)ccc12. The molecule has 1 unspecified atom stereocenters. The molecule has 0 bridgehead atoms. The summed E-state index contributed by atoms with van der Waals surface area (Å²) < 4.78 is 32.8. The van der Waals surface area contributed by atoms with Crippen molar-refractivity contribution in [2.45, 2.75) is 24.3 Å². The number of hydrogen-bond donors (Lipinski definition) is 2. The summed E-state index contributed by atoms with van der Waals surface area (Å²) in [6.45, 7) is 3.25. The van der Waals surface area contributed by atoms with Crippen molar-refractivity contribution in [2.24, 2.45) is 0 Å². The van der Waals surface area contributed by atoms with E-state index in [0.717, 1.165) is 11.9 Å². The minimum atomic E-state index is -3.54. The highest BCUT2D eigenvalue weighted by molar-refractivity contribution is 7.89. The third-order valence-electron chi connectivity index (χ3n) is 3.90. The third-order valence-corrected chi connectivity index (χ3v) is 5.89. The molecule has 1 aromatic heterocycles. The van der Waals surface area contributed by atoms with Gasteiger partial charge in [0.25, 0.3) is 0 Å². The maximum absolute atomic E-state index is 12.9. The summed E-state index contributed by atoms with van der Waals surface area (Å²) in [5.74, 6) is 0. The number of ether oxygens (including phenoxy) is 1. The van der Waals surface area contributed by atoms with Crippen LogP contribution in [0, 0.1) is 0 Å². The molecule has 0 spiro atoms. The topological polar surface area (TPSA) is 88.4 Å². The maximum Gasteiger partial charge on any atom is 0.245 e. The smallest absolute Gasteiger partial charge is 0.245 e. The van der Waals surface area contributed by atoms with E-state index >= 15 is 0 Å². The number of H-pyrrole nitrogens is 1. The number of sulfonamides is 1. The maximum atomic E-state index is 12.9. The molecule has 114 valence electrons. The Morgan fingerprint density at radius 2 is 2.29 bits per heavy atom. The predicted molar refractivity (Wildman–Crippen MR) is 81.5 cm³/mol. The molecule has 0 aliphatic carbocycles. The van der Waals surface area contributed by atoms with E-state index in [1.165, 1.54) is 0 Å². The van der Waals surface area contributed by atoms with Crippen LogP contribution in [0.25, 0.3) is 10.9 Å². The van der Waals surface area contributed by atoms with Crippen molar-refractivity contribution in [3.8, 4) is 0 Å². The number of nitrogens with zero attached hydrogens (tertiary/aromatic N) is 1. The van der Waals surface area contributed by atoms with E-state index in [9.17, 15) is 8.42 Å². The quantitative estimate of drug-likeness (QED) is 0.842. The second-order valence-electron chi connectivity index (χ2n) is 5.21. The van der Waals surface area contributed by atoms with E-state index in [-0.39, 0.29) is 6.04 Å². The monoisotopic (exact) mass is 309 g/mol. The summed E-state index contributed by atoms with van der Waals surface area (Å²) in [6, 6.07) is 5.09. The number of aromatic nitrogens is 1. The molecule has 3 N–H and O–H groups in total. The summed E-state index contributed by atoms with van der Waals surface area (Å²) in [6.07, 6.45) is 2.27. The van der Waals surface area contributed by atoms with Crippen molar-refractivity contribution in [3.63, 3.8) is 0 Å². The van der Waals surface area contributed by atoms with E-state index in [4.69, 9.17) is 10.5 Å². The number of fused-ring (bicyclic) bond motifs is 1. The van der Waals surface area contributed by atoms with Crippen LogP contribution in [-0.2, 0) is 14.8 Å². The van der Waals surface area contributed by atoms with Gasteiger partial charge in [-0.25, -0.2) is 8.42 Å². The van der Waals surface area contributed by atoms with E-state index in [1.54, 1.807) is 28.7 Å². The Kier molecular flexibility index (Phi) is 3.64. The van der Waals surface area contributed by atoms with Crippen molar-refractivity contribution in [1.82, 2.24) is 9.29 Å². The molecule has 1 fully saturated rings. The van der Waals surface area contributed by atoms with Crippen LogP contribution < -0.4 is 5.73 Å². The molecule has 1 aromatic carbocycles. The zero-order valence-electron chi connectivity index (χ0n) is 11.9. The lowest BCUT2D eigenvalue weighted by Crippen LogP contribution is -2.48. The molecule has 21 heavy (non-hydrogen) atoms. The van der Waals surface area contributed by atoms with Crippen LogP contribution in [0.2, 0.25) is 0 Å². The van der Waals surface area contributed by atoms with Crippen LogP contribution in [-0.4, -0.2) is 43.5 Å². The number of morpholine rings is 1. The molecular formula is C14H19N3O3S. The first-order chi connectivity index (χ1) is 10.0. The van der Waals surface area contributed by atoms with Gasteiger partial charge in [-0.2, -0.15) is 4.31 Å². The Balaban J connectivity index is 2.07. The van der Waals surface area contributed by atoms with Crippen molar-refractivity contribution >= 4 is 26.6 Å². The van der Waals surface area contributed by atoms with E-state index < -0.39 is 10.0 Å². The minimum absolute atomic E-state index is 0.109. The molecule has 6 nitrogen and oxygen atoms in total. The zero-order valence-corrected chi connectivity index (χ0v) is 12.7. The number of hydrogen-bond acceptors (Lipinski definition) is 4. The molecule has 2 heterocycles. The van der Waals surface area contributed by atoms with Gasteiger partial charge in [0.1, 0.15) is 4.90 Å². The molecule has 2 aromatic rings. The highest BCUT2D eigenvalue weighted by Gasteiger charge is 2.34. The van der Waals surface area contributed by atoms with Gasteiger partial charge in [0.05, 0.1) is 13.2 Å². The molecule has 3 rings (SSSR count). The van der Waals surface area contributed by atoms with E-state index in [1.807, 2.05) is 6.92 Å². The molecule has 0 radical (unpaired) electrons. The lowest BCUT2D eigenvalue weighted by atomic mass is 10.2. The summed E-state index contributed by atoms with van der Waals surface area (Å²) in [5, 5.41) is 0.672. The number of nitrogen functional groups attached to an aromatic ring is 1. The normalized spacial score (nSPS) is 20.9. The lowest BCUT2D eigenvalue weighted by Gasteiger charge is -2.33. The number of nitrogens with one attached hydrogen (secondary N) is 1. The largest absolute Gasteiger partial charge is 0.399 e. The molecule has 1 saturated heterocycles. The van der Waals surface area contributed by atoms with Crippen molar-refractivity contribution < 1.29 is 13.2 Å². The zero-order chi connectivity index (χ0) is 15.0. The second-order valence-corrected chi connectivity index (χ2v) is 7.07. The average Bonchev–Trinajstić information content (AvgIpc) is 2.90. The van der Waals surface area contributed by atoms with Crippen LogP contribution in [0.3, 0.4) is 0 Å². The first-order valence-electron chi connectivity index (χ1n) is 7.00. The van der Waals surface area contributed by atoms with Crippen LogP contribution in [0.1, 0.15) is 13.3 Å². The highest BCUT2D eigenvalue weighted by Crippen LogP contribution is 2.29. The lowest BCUT2D eigenvalue weighted by molar-refractivity contribution is 0.0314. The second kappa shape index (κ2) is 5.32. The van der Waals surface area contributed by atoms with Crippen molar-refractivity contribution in [1.29, 1.82) is 0 Å². The number of nitrogens with two attached hydrogens (primary N) is 1. The summed E-state index contributed by atoms with van der Waals surface area (Å²) >= 11 is 0. The Hall–Kier alpha value is -1.57. The van der Waals surface area contributed by atoms with Crippen LogP contribution in [0.15, 0.2) is 29.3 Å². The number of rotatable bonds is 3. The molecule has 0 amide bonds. The summed E-state index contributed by atoms with van der Waals surface area (Å²) in [7, 11) is -3.54. The average molecular weight is 309 g/mol. The van der Waals surface area contributed by atoms with E-state index in [2.05, 4.69) is 4.98 Å². The van der Waals surface area contributed by atoms with Gasteiger partial charge in [-0.3, -0.25) is 0 Å². The van der Waals surface area contributed by atoms with Crippen molar-refractivity contribution in [2.75, 3.05) is 25.5 Å². The van der Waals surface area contributed by atoms with Gasteiger partial charge >= 0.3 is 0 Å². The van der Waals surface area contributed by atoms with E-state index in [0.29, 0.717) is 35.7 Å². The van der Waals surface area contributed by atoms with Crippen LogP contribution in [0.4, 0.5) is 5.69 Å². The van der Waals surface area contributed by atoms with Gasteiger partial charge in [0.2, 0.25) is 10.0 Å². The molecule has 0 saturated carbocycles. The van der Waals surface area contributed by atoms with Gasteiger partial charge in [-0.15, -0.1) is 0 Å². The Labute approximate surface area is 123 Å². The van der Waals surface area contributed by atoms with Crippen LogP contribution >= 0.6 is 0 Å².